The van der Waals surface area contributed by atoms with Crippen LogP contribution < -0.4 is 10.1 Å². The molecule has 1 heterocycles. The normalized spacial score (nSPS) is 12.3. The zero-order chi connectivity index (χ0) is 14.4. The van der Waals surface area contributed by atoms with Crippen molar-refractivity contribution in [3.8, 4) is 5.75 Å². The van der Waals surface area contributed by atoms with Gasteiger partial charge in [0.1, 0.15) is 5.75 Å². The first-order valence-corrected chi connectivity index (χ1v) is 7.00. The predicted octanol–water partition coefficient (Wildman–Crippen LogP) is 2.88. The molecule has 5 nitrogen and oxygen atoms in total. The summed E-state index contributed by atoms with van der Waals surface area (Å²) in [6.45, 7) is 7.47. The zero-order valence-corrected chi connectivity index (χ0v) is 12.2. The molecule has 1 atom stereocenters. The van der Waals surface area contributed by atoms with Gasteiger partial charge in [0.05, 0.1) is 0 Å². The molecule has 1 N–H and O–H groups in total. The molecule has 0 fully saturated rings. The predicted molar refractivity (Wildman–Crippen MR) is 76.5 cm³/mol. The Balaban J connectivity index is 1.97. The largest absolute Gasteiger partial charge is 0.485 e. The molecule has 0 aliphatic rings. The van der Waals surface area contributed by atoms with Crippen LogP contribution in [-0.4, -0.2) is 16.7 Å². The zero-order valence-electron chi connectivity index (χ0n) is 12.2. The summed E-state index contributed by atoms with van der Waals surface area (Å²) in [7, 11) is 0. The number of hydrogen-bond acceptors (Lipinski definition) is 5. The van der Waals surface area contributed by atoms with E-state index in [0.29, 0.717) is 24.4 Å². The molecule has 0 saturated carbocycles. The molecule has 1 aromatic heterocycles. The molecule has 0 spiro atoms. The average Bonchev–Trinajstić information content (AvgIpc) is 2.94. The molecule has 0 amide bonds. The number of benzene rings is 1. The summed E-state index contributed by atoms with van der Waals surface area (Å²) in [6, 6.07) is 8.35. The van der Waals surface area contributed by atoms with Crippen LogP contribution in [0.3, 0.4) is 0 Å². The quantitative estimate of drug-likeness (QED) is 0.842. The lowest BCUT2D eigenvalue weighted by Crippen LogP contribution is -2.17. The van der Waals surface area contributed by atoms with Crippen molar-refractivity contribution in [3.63, 3.8) is 0 Å². The third-order valence-corrected chi connectivity index (χ3v) is 3.05. The van der Waals surface area contributed by atoms with Gasteiger partial charge in [0.25, 0.3) is 0 Å². The van der Waals surface area contributed by atoms with Crippen LogP contribution in [-0.2, 0) is 13.0 Å². The van der Waals surface area contributed by atoms with E-state index in [2.05, 4.69) is 35.4 Å². The molecular formula is C15H21N3O2. The number of aromatic nitrogens is 2. The first kappa shape index (κ1) is 14.5. The molecule has 0 saturated heterocycles. The Kier molecular flexibility index (Phi) is 5.12. The number of ether oxygens (including phenoxy) is 1. The van der Waals surface area contributed by atoms with Crippen LogP contribution in [0.5, 0.6) is 5.75 Å². The van der Waals surface area contributed by atoms with Crippen molar-refractivity contribution in [1.29, 1.82) is 0 Å². The maximum absolute atomic E-state index is 5.71. The Morgan fingerprint density at radius 1 is 1.35 bits per heavy atom. The Hall–Kier alpha value is -1.88. The molecule has 1 unspecified atom stereocenters. The summed E-state index contributed by atoms with van der Waals surface area (Å²) < 4.78 is 10.8. The molecule has 108 valence electrons. The molecule has 0 radical (unpaired) electrons. The molecule has 1 aromatic carbocycles. The summed E-state index contributed by atoms with van der Waals surface area (Å²) in [5, 5.41) is 7.24. The van der Waals surface area contributed by atoms with E-state index in [1.807, 2.05) is 25.1 Å². The van der Waals surface area contributed by atoms with E-state index in [0.717, 1.165) is 18.7 Å². The molecule has 5 heteroatoms. The molecule has 2 rings (SSSR count). The van der Waals surface area contributed by atoms with E-state index in [1.165, 1.54) is 5.56 Å². The van der Waals surface area contributed by atoms with Gasteiger partial charge in [-0.3, -0.25) is 0 Å². The van der Waals surface area contributed by atoms with Gasteiger partial charge in [-0.1, -0.05) is 31.1 Å². The van der Waals surface area contributed by atoms with Crippen molar-refractivity contribution in [1.82, 2.24) is 15.5 Å². The molecule has 0 bridgehead atoms. The number of rotatable bonds is 7. The topological polar surface area (TPSA) is 60.2 Å². The van der Waals surface area contributed by atoms with E-state index >= 15 is 0 Å². The van der Waals surface area contributed by atoms with E-state index in [-0.39, 0.29) is 0 Å². The second-order valence-corrected chi connectivity index (χ2v) is 4.60. The molecular weight excluding hydrogens is 254 g/mol. The van der Waals surface area contributed by atoms with Crippen molar-refractivity contribution < 1.29 is 9.26 Å². The summed E-state index contributed by atoms with van der Waals surface area (Å²) in [6.07, 6.45) is 0.739. The number of nitrogens with zero attached hydrogens (tertiary/aromatic N) is 2. The van der Waals surface area contributed by atoms with Gasteiger partial charge in [-0.25, -0.2) is 0 Å². The van der Waals surface area contributed by atoms with Gasteiger partial charge in [-0.2, -0.15) is 4.98 Å². The number of nitrogens with one attached hydrogen (secondary N) is 1. The summed E-state index contributed by atoms with van der Waals surface area (Å²) in [5.41, 5.74) is 1.20. The monoisotopic (exact) mass is 275 g/mol. The Morgan fingerprint density at radius 3 is 2.90 bits per heavy atom. The SMILES string of the molecule is CCNC(C)c1cccc(OCc2noc(CC)n2)c1. The van der Waals surface area contributed by atoms with Crippen molar-refractivity contribution in [3.05, 3.63) is 41.5 Å². The van der Waals surface area contributed by atoms with Crippen LogP contribution in [0.15, 0.2) is 28.8 Å². The van der Waals surface area contributed by atoms with Crippen LogP contribution in [0.1, 0.15) is 44.1 Å². The minimum atomic E-state index is 0.306. The van der Waals surface area contributed by atoms with Gasteiger partial charge in [-0.15, -0.1) is 0 Å². The lowest BCUT2D eigenvalue weighted by Gasteiger charge is -2.13. The highest BCUT2D eigenvalue weighted by atomic mass is 16.5. The van der Waals surface area contributed by atoms with Crippen molar-refractivity contribution in [2.24, 2.45) is 0 Å². The smallest absolute Gasteiger partial charge is 0.226 e. The van der Waals surface area contributed by atoms with Crippen LogP contribution >= 0.6 is 0 Å². The fourth-order valence-corrected chi connectivity index (χ4v) is 1.94. The highest BCUT2D eigenvalue weighted by molar-refractivity contribution is 5.30. The van der Waals surface area contributed by atoms with Gasteiger partial charge in [0.15, 0.2) is 6.61 Å². The maximum atomic E-state index is 5.71. The molecule has 0 aliphatic heterocycles. The third kappa shape index (κ3) is 3.81. The fourth-order valence-electron chi connectivity index (χ4n) is 1.94. The standard InChI is InChI=1S/C15H21N3O2/c1-4-15-17-14(18-20-15)10-19-13-8-6-7-12(9-13)11(3)16-5-2/h6-9,11,16H,4-5,10H2,1-3H3. The van der Waals surface area contributed by atoms with Crippen molar-refractivity contribution in [2.75, 3.05) is 6.54 Å². The molecule has 2 aromatic rings. The fraction of sp³-hybridized carbons (Fsp3) is 0.467. The highest BCUT2D eigenvalue weighted by Gasteiger charge is 2.07. The van der Waals surface area contributed by atoms with Gasteiger partial charge >= 0.3 is 0 Å². The van der Waals surface area contributed by atoms with Crippen LogP contribution in [0, 0.1) is 0 Å². The Labute approximate surface area is 119 Å². The van der Waals surface area contributed by atoms with Crippen molar-refractivity contribution >= 4 is 0 Å². The van der Waals surface area contributed by atoms with E-state index in [1.54, 1.807) is 0 Å². The van der Waals surface area contributed by atoms with Gasteiger partial charge in [-0.05, 0) is 31.2 Å². The number of aryl methyl sites for hydroxylation is 1. The summed E-state index contributed by atoms with van der Waals surface area (Å²) >= 11 is 0. The third-order valence-electron chi connectivity index (χ3n) is 3.05. The Bertz CT molecular complexity index is 539. The van der Waals surface area contributed by atoms with Crippen LogP contribution in [0.2, 0.25) is 0 Å². The molecule has 20 heavy (non-hydrogen) atoms. The second kappa shape index (κ2) is 7.05. The summed E-state index contributed by atoms with van der Waals surface area (Å²) in [4.78, 5) is 4.22. The number of hydrogen-bond donors (Lipinski definition) is 1. The van der Waals surface area contributed by atoms with Crippen molar-refractivity contribution in [2.45, 2.75) is 39.8 Å². The van der Waals surface area contributed by atoms with Gasteiger partial charge in [0.2, 0.25) is 11.7 Å². The van der Waals surface area contributed by atoms with E-state index in [9.17, 15) is 0 Å². The second-order valence-electron chi connectivity index (χ2n) is 4.60. The minimum Gasteiger partial charge on any atom is -0.485 e. The van der Waals surface area contributed by atoms with Gasteiger partial charge < -0.3 is 14.6 Å². The van der Waals surface area contributed by atoms with Gasteiger partial charge in [0, 0.05) is 12.5 Å². The van der Waals surface area contributed by atoms with E-state index < -0.39 is 0 Å². The van der Waals surface area contributed by atoms with Crippen LogP contribution in [0.4, 0.5) is 0 Å². The Morgan fingerprint density at radius 2 is 2.20 bits per heavy atom. The highest BCUT2D eigenvalue weighted by Crippen LogP contribution is 2.19. The lowest BCUT2D eigenvalue weighted by molar-refractivity contribution is 0.285. The minimum absolute atomic E-state index is 0.306. The first-order chi connectivity index (χ1) is 9.72. The first-order valence-electron chi connectivity index (χ1n) is 7.00. The molecule has 0 aliphatic carbocycles. The lowest BCUT2D eigenvalue weighted by atomic mass is 10.1. The van der Waals surface area contributed by atoms with E-state index in [4.69, 9.17) is 9.26 Å². The average molecular weight is 275 g/mol. The van der Waals surface area contributed by atoms with Crippen LogP contribution in [0.25, 0.3) is 0 Å². The maximum Gasteiger partial charge on any atom is 0.226 e. The summed E-state index contributed by atoms with van der Waals surface area (Å²) in [5.74, 6) is 2.03.